The van der Waals surface area contributed by atoms with Crippen LogP contribution < -0.4 is 16.0 Å². The van der Waals surface area contributed by atoms with Gasteiger partial charge in [0.1, 0.15) is 6.33 Å². The molecule has 0 aliphatic rings. The summed E-state index contributed by atoms with van der Waals surface area (Å²) in [5, 5.41) is 7.86. The Labute approximate surface area is 144 Å². The van der Waals surface area contributed by atoms with Crippen LogP contribution in [0.1, 0.15) is 19.8 Å². The number of aromatic nitrogens is 6. The molecule has 3 N–H and O–H groups in total. The van der Waals surface area contributed by atoms with E-state index in [9.17, 15) is 4.79 Å². The fourth-order valence-electron chi connectivity index (χ4n) is 1.66. The van der Waals surface area contributed by atoms with Crippen molar-refractivity contribution in [3.8, 4) is 5.95 Å². The van der Waals surface area contributed by atoms with Crippen LogP contribution in [-0.4, -0.2) is 62.0 Å². The molecule has 0 aromatic carbocycles. The summed E-state index contributed by atoms with van der Waals surface area (Å²) in [6, 6.07) is 0. The van der Waals surface area contributed by atoms with Gasteiger partial charge in [-0.1, -0.05) is 25.1 Å². The van der Waals surface area contributed by atoms with E-state index in [1.807, 2.05) is 14.1 Å². The highest BCUT2D eigenvalue weighted by atomic mass is 32.2. The number of hydrogen-bond acceptors (Lipinski definition) is 9. The van der Waals surface area contributed by atoms with E-state index < -0.39 is 5.91 Å². The van der Waals surface area contributed by atoms with Crippen molar-refractivity contribution in [2.75, 3.05) is 36.6 Å². The summed E-state index contributed by atoms with van der Waals surface area (Å²) < 4.78 is 1.45. The smallest absolute Gasteiger partial charge is 0.258 e. The third kappa shape index (κ3) is 5.05. The summed E-state index contributed by atoms with van der Waals surface area (Å²) in [6.45, 7) is 2.90. The first-order valence-electron chi connectivity index (χ1n) is 7.50. The molecular formula is C13H21N9OS. The minimum absolute atomic E-state index is 0.119. The molecule has 2 rings (SSSR count). The van der Waals surface area contributed by atoms with Crippen LogP contribution in [0.25, 0.3) is 5.95 Å². The van der Waals surface area contributed by atoms with Crippen LogP contribution in [-0.2, 0) is 4.79 Å². The highest BCUT2D eigenvalue weighted by Crippen LogP contribution is 2.14. The van der Waals surface area contributed by atoms with E-state index in [1.54, 1.807) is 4.90 Å². The van der Waals surface area contributed by atoms with E-state index in [1.165, 1.54) is 11.0 Å². The van der Waals surface area contributed by atoms with Crippen molar-refractivity contribution in [3.05, 3.63) is 6.33 Å². The molecule has 2 aromatic rings. The Morgan fingerprint density at radius 3 is 2.83 bits per heavy atom. The van der Waals surface area contributed by atoms with Crippen molar-refractivity contribution in [1.29, 1.82) is 0 Å². The predicted molar refractivity (Wildman–Crippen MR) is 92.4 cm³/mol. The summed E-state index contributed by atoms with van der Waals surface area (Å²) in [6.07, 6.45) is 3.60. The lowest BCUT2D eigenvalue weighted by Gasteiger charge is -2.13. The van der Waals surface area contributed by atoms with Gasteiger partial charge in [-0.25, -0.2) is 4.98 Å². The summed E-state index contributed by atoms with van der Waals surface area (Å²) >= 11 is 1.16. The molecule has 0 aliphatic heterocycles. The molecule has 0 unspecified atom stereocenters. The number of primary amides is 1. The van der Waals surface area contributed by atoms with Crippen LogP contribution in [0.15, 0.2) is 11.5 Å². The first-order chi connectivity index (χ1) is 11.5. The third-order valence-corrected chi connectivity index (χ3v) is 3.72. The van der Waals surface area contributed by atoms with Crippen molar-refractivity contribution >= 4 is 29.6 Å². The van der Waals surface area contributed by atoms with Crippen molar-refractivity contribution < 1.29 is 4.79 Å². The Morgan fingerprint density at radius 1 is 1.38 bits per heavy atom. The lowest BCUT2D eigenvalue weighted by Crippen LogP contribution is -2.18. The number of nitrogens with one attached hydrogen (secondary N) is 1. The fraction of sp³-hybridized carbons (Fsp3) is 0.538. The average Bonchev–Trinajstić information content (AvgIpc) is 3.02. The van der Waals surface area contributed by atoms with Crippen molar-refractivity contribution in [2.24, 2.45) is 5.73 Å². The Kier molecular flexibility index (Phi) is 6.29. The van der Waals surface area contributed by atoms with Gasteiger partial charge < -0.3 is 16.0 Å². The van der Waals surface area contributed by atoms with Gasteiger partial charge in [0, 0.05) is 20.6 Å². The minimum Gasteiger partial charge on any atom is -0.369 e. The Morgan fingerprint density at radius 2 is 2.17 bits per heavy atom. The van der Waals surface area contributed by atoms with Crippen molar-refractivity contribution in [1.82, 2.24) is 29.7 Å². The zero-order valence-electron chi connectivity index (χ0n) is 13.9. The maximum atomic E-state index is 10.8. The predicted octanol–water partition coefficient (Wildman–Crippen LogP) is 0.308. The number of anilines is 2. The van der Waals surface area contributed by atoms with Gasteiger partial charge in [0.05, 0.1) is 5.75 Å². The van der Waals surface area contributed by atoms with E-state index in [-0.39, 0.29) is 5.75 Å². The number of nitrogens with two attached hydrogens (primary N) is 1. The summed E-state index contributed by atoms with van der Waals surface area (Å²) in [5.41, 5.74) is 5.12. The second-order valence-corrected chi connectivity index (χ2v) is 6.10. The van der Waals surface area contributed by atoms with Crippen LogP contribution in [0.5, 0.6) is 0 Å². The quantitative estimate of drug-likeness (QED) is 0.484. The highest BCUT2D eigenvalue weighted by molar-refractivity contribution is 7.99. The van der Waals surface area contributed by atoms with Crippen LogP contribution >= 0.6 is 11.8 Å². The number of rotatable bonds is 9. The molecule has 0 fully saturated rings. The van der Waals surface area contributed by atoms with Crippen LogP contribution in [0.2, 0.25) is 0 Å². The maximum absolute atomic E-state index is 10.8. The zero-order valence-corrected chi connectivity index (χ0v) is 14.7. The molecule has 1 amide bonds. The van der Waals surface area contributed by atoms with Crippen LogP contribution in [0.4, 0.5) is 11.9 Å². The number of thioether (sulfide) groups is 1. The second-order valence-electron chi connectivity index (χ2n) is 5.16. The topological polar surface area (TPSA) is 128 Å². The van der Waals surface area contributed by atoms with Crippen molar-refractivity contribution in [2.45, 2.75) is 24.9 Å². The fourth-order valence-corrected chi connectivity index (χ4v) is 2.20. The normalized spacial score (nSPS) is 10.6. The molecule has 24 heavy (non-hydrogen) atoms. The SMILES string of the molecule is CCCCNc1nc(N(C)C)nc(-n2cnc(SCC(N)=O)n2)n1. The van der Waals surface area contributed by atoms with Gasteiger partial charge in [-0.2, -0.15) is 19.6 Å². The van der Waals surface area contributed by atoms with Gasteiger partial charge in [0.15, 0.2) is 0 Å². The summed E-state index contributed by atoms with van der Waals surface area (Å²) in [7, 11) is 3.70. The molecule has 130 valence electrons. The average molecular weight is 351 g/mol. The molecule has 0 spiro atoms. The molecule has 0 saturated heterocycles. The molecule has 0 atom stereocenters. The van der Waals surface area contributed by atoms with Gasteiger partial charge >= 0.3 is 0 Å². The van der Waals surface area contributed by atoms with E-state index in [0.29, 0.717) is 23.0 Å². The molecule has 2 heterocycles. The number of carbonyl (C=O) groups excluding carboxylic acids is 1. The molecule has 0 aliphatic carbocycles. The molecule has 0 saturated carbocycles. The van der Waals surface area contributed by atoms with Gasteiger partial charge in [-0.05, 0) is 6.42 Å². The van der Waals surface area contributed by atoms with Gasteiger partial charge in [-0.15, -0.1) is 5.10 Å². The largest absolute Gasteiger partial charge is 0.369 e. The van der Waals surface area contributed by atoms with Gasteiger partial charge in [0.25, 0.3) is 5.95 Å². The number of carbonyl (C=O) groups is 1. The highest BCUT2D eigenvalue weighted by Gasteiger charge is 2.12. The lowest BCUT2D eigenvalue weighted by atomic mass is 10.3. The van der Waals surface area contributed by atoms with E-state index >= 15 is 0 Å². The minimum atomic E-state index is -0.422. The monoisotopic (exact) mass is 351 g/mol. The van der Waals surface area contributed by atoms with Crippen LogP contribution in [0, 0.1) is 0 Å². The third-order valence-electron chi connectivity index (χ3n) is 2.84. The first-order valence-corrected chi connectivity index (χ1v) is 8.48. The maximum Gasteiger partial charge on any atom is 0.258 e. The Bertz CT molecular complexity index is 688. The number of nitrogens with zero attached hydrogens (tertiary/aromatic N) is 7. The number of hydrogen-bond donors (Lipinski definition) is 2. The molecule has 10 nitrogen and oxygen atoms in total. The van der Waals surface area contributed by atoms with E-state index in [2.05, 4.69) is 37.3 Å². The van der Waals surface area contributed by atoms with E-state index in [0.717, 1.165) is 31.1 Å². The van der Waals surface area contributed by atoms with Crippen molar-refractivity contribution in [3.63, 3.8) is 0 Å². The molecule has 2 aromatic heterocycles. The standard InChI is InChI=1S/C13H21N9OS/c1-4-5-6-15-10-17-11(21(2)3)19-12(18-10)22-8-16-13(20-22)24-7-9(14)23/h8H,4-7H2,1-3H3,(H2,14,23)(H,15,17,18,19). The second kappa shape index (κ2) is 8.43. The summed E-state index contributed by atoms with van der Waals surface area (Å²) in [5.74, 6) is 1.05. The number of unbranched alkanes of at least 4 members (excludes halogenated alkanes) is 1. The molecule has 11 heteroatoms. The Hall–Kier alpha value is -2.43. The molecule has 0 bridgehead atoms. The van der Waals surface area contributed by atoms with Crippen LogP contribution in [0.3, 0.4) is 0 Å². The Balaban J connectivity index is 2.22. The first kappa shape index (κ1) is 17.9. The summed E-state index contributed by atoms with van der Waals surface area (Å²) in [4.78, 5) is 29.8. The molecular weight excluding hydrogens is 330 g/mol. The van der Waals surface area contributed by atoms with Gasteiger partial charge in [0.2, 0.25) is 23.0 Å². The zero-order chi connectivity index (χ0) is 17.5. The lowest BCUT2D eigenvalue weighted by molar-refractivity contribution is -0.115. The number of amides is 1. The van der Waals surface area contributed by atoms with Gasteiger partial charge in [-0.3, -0.25) is 4.79 Å². The van der Waals surface area contributed by atoms with E-state index in [4.69, 9.17) is 5.73 Å². The molecule has 0 radical (unpaired) electrons.